The maximum Gasteiger partial charge on any atom is 0.341 e. The number of esters is 1. The van der Waals surface area contributed by atoms with E-state index in [1.807, 2.05) is 23.6 Å². The maximum atomic E-state index is 12.7. The van der Waals surface area contributed by atoms with E-state index < -0.39 is 5.97 Å². The van der Waals surface area contributed by atoms with Crippen LogP contribution in [0.3, 0.4) is 0 Å². The van der Waals surface area contributed by atoms with Gasteiger partial charge in [-0.25, -0.2) is 4.79 Å². The van der Waals surface area contributed by atoms with Crippen molar-refractivity contribution >= 4 is 45.9 Å². The molecule has 174 valence electrons. The van der Waals surface area contributed by atoms with Crippen molar-refractivity contribution in [1.82, 2.24) is 24.6 Å². The SMILES string of the molecule is CCn1c(SCC(=O)Nc2sc(C(=O)N(C)C)c(C)c2C(=O)OC)nnc1-c1ccncc1. The number of nitrogens with one attached hydrogen (secondary N) is 1. The largest absolute Gasteiger partial charge is 0.465 e. The molecule has 10 nitrogen and oxygen atoms in total. The van der Waals surface area contributed by atoms with Crippen molar-refractivity contribution in [2.24, 2.45) is 0 Å². The fraction of sp³-hybridized carbons (Fsp3) is 0.333. The van der Waals surface area contributed by atoms with E-state index in [1.165, 1.54) is 23.8 Å². The summed E-state index contributed by atoms with van der Waals surface area (Å²) in [5, 5.41) is 12.1. The highest BCUT2D eigenvalue weighted by Crippen LogP contribution is 2.34. The summed E-state index contributed by atoms with van der Waals surface area (Å²) in [6, 6.07) is 3.69. The smallest absolute Gasteiger partial charge is 0.341 e. The highest BCUT2D eigenvalue weighted by Gasteiger charge is 2.27. The molecule has 1 N–H and O–H groups in total. The summed E-state index contributed by atoms with van der Waals surface area (Å²) in [5.74, 6) is -0.472. The van der Waals surface area contributed by atoms with Gasteiger partial charge in [0.25, 0.3) is 5.91 Å². The predicted molar refractivity (Wildman–Crippen MR) is 127 cm³/mol. The van der Waals surface area contributed by atoms with Gasteiger partial charge in [0.2, 0.25) is 5.91 Å². The van der Waals surface area contributed by atoms with Gasteiger partial charge in [-0.05, 0) is 31.5 Å². The number of hydrogen-bond acceptors (Lipinski definition) is 9. The van der Waals surface area contributed by atoms with E-state index in [4.69, 9.17) is 4.74 Å². The summed E-state index contributed by atoms with van der Waals surface area (Å²) in [4.78, 5) is 43.3. The molecule has 0 aliphatic carbocycles. The van der Waals surface area contributed by atoms with Crippen LogP contribution < -0.4 is 5.32 Å². The summed E-state index contributed by atoms with van der Waals surface area (Å²) in [7, 11) is 4.50. The Balaban J connectivity index is 1.78. The molecule has 0 aliphatic heterocycles. The van der Waals surface area contributed by atoms with Gasteiger partial charge in [-0.2, -0.15) is 0 Å². The molecule has 0 radical (unpaired) electrons. The third kappa shape index (κ3) is 5.22. The molecule has 3 aromatic heterocycles. The number of thioether (sulfide) groups is 1. The van der Waals surface area contributed by atoms with Gasteiger partial charge in [0.05, 0.1) is 23.3 Å². The molecule has 0 saturated heterocycles. The molecule has 0 saturated carbocycles. The molecule has 0 bridgehead atoms. The molecule has 12 heteroatoms. The third-order valence-electron chi connectivity index (χ3n) is 4.69. The molecule has 0 unspecified atom stereocenters. The zero-order valence-electron chi connectivity index (χ0n) is 18.9. The number of carbonyl (C=O) groups is 3. The van der Waals surface area contributed by atoms with Gasteiger partial charge in [-0.1, -0.05) is 11.8 Å². The quantitative estimate of drug-likeness (QED) is 0.380. The maximum absolute atomic E-state index is 12.7. The zero-order chi connectivity index (χ0) is 24.1. The number of anilines is 1. The summed E-state index contributed by atoms with van der Waals surface area (Å²) < 4.78 is 6.77. The summed E-state index contributed by atoms with van der Waals surface area (Å²) in [6.45, 7) is 4.26. The van der Waals surface area contributed by atoms with E-state index in [1.54, 1.807) is 33.4 Å². The second kappa shape index (κ2) is 10.6. The molecular formula is C21H24N6O4S2. The molecule has 3 rings (SSSR count). The normalized spacial score (nSPS) is 10.7. The summed E-state index contributed by atoms with van der Waals surface area (Å²) >= 11 is 2.28. The van der Waals surface area contributed by atoms with Gasteiger partial charge in [0, 0.05) is 38.6 Å². The first kappa shape index (κ1) is 24.4. The number of ether oxygens (including phenoxy) is 1. The van der Waals surface area contributed by atoms with Crippen LogP contribution in [0.1, 0.15) is 32.5 Å². The molecular weight excluding hydrogens is 464 g/mol. The number of methoxy groups -OCH3 is 1. The number of pyridine rings is 1. The minimum absolute atomic E-state index is 0.0446. The van der Waals surface area contributed by atoms with Crippen molar-refractivity contribution in [1.29, 1.82) is 0 Å². The standard InChI is InChI=1S/C21H24N6O4S2/c1-6-27-17(13-7-9-22-10-8-13)24-25-21(27)32-11-14(28)23-18-15(20(30)31-5)12(2)16(33-18)19(29)26(3)4/h7-10H,6,11H2,1-5H3,(H,23,28). The lowest BCUT2D eigenvalue weighted by atomic mass is 10.1. The molecule has 33 heavy (non-hydrogen) atoms. The molecule has 2 amide bonds. The number of aromatic nitrogens is 4. The van der Waals surface area contributed by atoms with E-state index >= 15 is 0 Å². The monoisotopic (exact) mass is 488 g/mol. The number of thiophene rings is 1. The molecule has 0 atom stereocenters. The van der Waals surface area contributed by atoms with Crippen LogP contribution in [-0.4, -0.2) is 69.4 Å². The average Bonchev–Trinajstić information content (AvgIpc) is 3.37. The Morgan fingerprint density at radius 2 is 1.91 bits per heavy atom. The first-order valence-corrected chi connectivity index (χ1v) is 11.8. The summed E-state index contributed by atoms with van der Waals surface area (Å²) in [5.41, 5.74) is 1.54. The first-order chi connectivity index (χ1) is 15.8. The molecule has 3 heterocycles. The van der Waals surface area contributed by atoms with Crippen molar-refractivity contribution in [2.45, 2.75) is 25.5 Å². The average molecular weight is 489 g/mol. The van der Waals surface area contributed by atoms with Crippen LogP contribution in [0.15, 0.2) is 29.7 Å². The van der Waals surface area contributed by atoms with Crippen molar-refractivity contribution < 1.29 is 19.1 Å². The Labute approximate surface area is 199 Å². The second-order valence-corrected chi connectivity index (χ2v) is 9.04. The van der Waals surface area contributed by atoms with Crippen molar-refractivity contribution in [3.63, 3.8) is 0 Å². The second-order valence-electron chi connectivity index (χ2n) is 7.07. The molecule has 0 fully saturated rings. The van der Waals surface area contributed by atoms with Gasteiger partial charge in [0.1, 0.15) is 5.00 Å². The Bertz CT molecular complexity index is 1170. The fourth-order valence-electron chi connectivity index (χ4n) is 3.04. The number of hydrogen-bond donors (Lipinski definition) is 1. The predicted octanol–water partition coefficient (Wildman–Crippen LogP) is 2.95. The minimum atomic E-state index is -0.614. The van der Waals surface area contributed by atoms with Crippen molar-refractivity contribution in [2.75, 3.05) is 32.3 Å². The van der Waals surface area contributed by atoms with E-state index in [9.17, 15) is 14.4 Å². The molecule has 0 aromatic carbocycles. The Morgan fingerprint density at radius 1 is 1.21 bits per heavy atom. The number of carbonyl (C=O) groups excluding carboxylic acids is 3. The molecule has 0 spiro atoms. The van der Waals surface area contributed by atoms with Crippen molar-refractivity contribution in [3.8, 4) is 11.4 Å². The van der Waals surface area contributed by atoms with Crippen LogP contribution in [0, 0.1) is 6.92 Å². The third-order valence-corrected chi connectivity index (χ3v) is 6.86. The lowest BCUT2D eigenvalue weighted by molar-refractivity contribution is -0.113. The van der Waals surface area contributed by atoms with Crippen LogP contribution in [0.2, 0.25) is 0 Å². The topological polar surface area (TPSA) is 119 Å². The number of rotatable bonds is 8. The van der Waals surface area contributed by atoms with Gasteiger partial charge in [0.15, 0.2) is 11.0 Å². The molecule has 0 aliphatic rings. The van der Waals surface area contributed by atoms with Crippen LogP contribution in [0.5, 0.6) is 0 Å². The van der Waals surface area contributed by atoms with E-state index in [0.717, 1.165) is 16.9 Å². The first-order valence-electron chi connectivity index (χ1n) is 9.98. The number of nitrogens with zero attached hydrogens (tertiary/aromatic N) is 5. The minimum Gasteiger partial charge on any atom is -0.465 e. The van der Waals surface area contributed by atoms with Gasteiger partial charge in [-0.3, -0.25) is 14.6 Å². The van der Waals surface area contributed by atoms with Gasteiger partial charge >= 0.3 is 5.97 Å². The van der Waals surface area contributed by atoms with Gasteiger partial charge < -0.3 is 19.5 Å². The zero-order valence-corrected chi connectivity index (χ0v) is 20.5. The Kier molecular flexibility index (Phi) is 7.82. The van der Waals surface area contributed by atoms with E-state index in [0.29, 0.717) is 28.0 Å². The van der Waals surface area contributed by atoms with Crippen LogP contribution in [0.25, 0.3) is 11.4 Å². The number of amides is 2. The van der Waals surface area contributed by atoms with Crippen LogP contribution in [0.4, 0.5) is 5.00 Å². The highest BCUT2D eigenvalue weighted by atomic mass is 32.2. The summed E-state index contributed by atoms with van der Waals surface area (Å²) in [6.07, 6.45) is 3.36. The van der Waals surface area contributed by atoms with Crippen LogP contribution in [-0.2, 0) is 16.1 Å². The van der Waals surface area contributed by atoms with E-state index in [-0.39, 0.29) is 28.1 Å². The lowest BCUT2D eigenvalue weighted by Crippen LogP contribution is -2.21. The van der Waals surface area contributed by atoms with E-state index in [2.05, 4.69) is 20.5 Å². The lowest BCUT2D eigenvalue weighted by Gasteiger charge is -2.08. The van der Waals surface area contributed by atoms with Gasteiger partial charge in [-0.15, -0.1) is 21.5 Å². The highest BCUT2D eigenvalue weighted by molar-refractivity contribution is 7.99. The molecule has 3 aromatic rings. The van der Waals surface area contributed by atoms with Crippen LogP contribution >= 0.6 is 23.1 Å². The fourth-order valence-corrected chi connectivity index (χ4v) is 5.08. The van der Waals surface area contributed by atoms with Crippen molar-refractivity contribution in [3.05, 3.63) is 40.5 Å². The Morgan fingerprint density at radius 3 is 2.52 bits per heavy atom. The Hall–Kier alpha value is -3.25.